The maximum atomic E-state index is 12.5. The quantitative estimate of drug-likeness (QED) is 0.480. The molecule has 25 heavy (non-hydrogen) atoms. The van der Waals surface area contributed by atoms with E-state index in [9.17, 15) is 4.79 Å². The number of aryl methyl sites for hydroxylation is 2. The van der Waals surface area contributed by atoms with E-state index >= 15 is 0 Å². The number of nitrogens with zero attached hydrogens (tertiary/aromatic N) is 3. The number of amides is 1. The number of carbonyl (C=O) groups is 1. The molecule has 0 aliphatic heterocycles. The molecule has 1 amide bonds. The standard InChI is InChI=1S/C18H19N3OS3/c1-21(8-12-6-7-23-9-12)15(22)10-24-17-16-13-4-2-3-5-14(13)25-18(16)20-11-19-17/h6-7,9,11H,2-5,8,10H2,1H3. The summed E-state index contributed by atoms with van der Waals surface area (Å²) in [5.74, 6) is 0.546. The van der Waals surface area contributed by atoms with Crippen molar-refractivity contribution in [3.8, 4) is 0 Å². The zero-order valence-electron chi connectivity index (χ0n) is 14.0. The van der Waals surface area contributed by atoms with Crippen molar-refractivity contribution in [1.29, 1.82) is 0 Å². The molecule has 3 heterocycles. The first kappa shape index (κ1) is 17.0. The van der Waals surface area contributed by atoms with Gasteiger partial charge in [0, 0.05) is 23.9 Å². The van der Waals surface area contributed by atoms with Gasteiger partial charge in [-0.3, -0.25) is 4.79 Å². The molecule has 0 unspecified atom stereocenters. The first-order valence-electron chi connectivity index (χ1n) is 8.35. The van der Waals surface area contributed by atoms with Crippen molar-refractivity contribution < 1.29 is 4.79 Å². The van der Waals surface area contributed by atoms with Gasteiger partial charge in [-0.25, -0.2) is 9.97 Å². The van der Waals surface area contributed by atoms with Crippen molar-refractivity contribution in [3.05, 3.63) is 39.2 Å². The fourth-order valence-electron chi connectivity index (χ4n) is 3.16. The first-order valence-corrected chi connectivity index (χ1v) is 11.1. The fourth-order valence-corrected chi connectivity index (χ4v) is 6.08. The van der Waals surface area contributed by atoms with Gasteiger partial charge in [-0.05, 0) is 53.6 Å². The third-order valence-electron chi connectivity index (χ3n) is 4.47. The highest BCUT2D eigenvalue weighted by Gasteiger charge is 2.21. The molecular weight excluding hydrogens is 370 g/mol. The zero-order chi connectivity index (χ0) is 17.2. The Morgan fingerprint density at radius 1 is 1.32 bits per heavy atom. The molecular formula is C18H19N3OS3. The number of hydrogen-bond donors (Lipinski definition) is 0. The molecule has 130 valence electrons. The summed E-state index contributed by atoms with van der Waals surface area (Å²) in [6.07, 6.45) is 6.40. The lowest BCUT2D eigenvalue weighted by Crippen LogP contribution is -2.27. The van der Waals surface area contributed by atoms with Crippen LogP contribution >= 0.6 is 34.4 Å². The Morgan fingerprint density at radius 2 is 2.20 bits per heavy atom. The smallest absolute Gasteiger partial charge is 0.233 e. The molecule has 0 saturated carbocycles. The van der Waals surface area contributed by atoms with Gasteiger partial charge in [0.05, 0.1) is 5.75 Å². The minimum atomic E-state index is 0.132. The van der Waals surface area contributed by atoms with E-state index in [1.807, 2.05) is 12.4 Å². The van der Waals surface area contributed by atoms with Crippen LogP contribution in [0.4, 0.5) is 0 Å². The predicted octanol–water partition coefficient (Wildman–Crippen LogP) is 4.38. The van der Waals surface area contributed by atoms with Crippen molar-refractivity contribution in [3.63, 3.8) is 0 Å². The van der Waals surface area contributed by atoms with Crippen LogP contribution in [0.25, 0.3) is 10.2 Å². The van der Waals surface area contributed by atoms with E-state index < -0.39 is 0 Å². The molecule has 0 aromatic carbocycles. The SMILES string of the molecule is CN(Cc1ccsc1)C(=O)CSc1ncnc2sc3c(c12)CCCC3. The topological polar surface area (TPSA) is 46.1 Å². The van der Waals surface area contributed by atoms with Crippen molar-refractivity contribution in [1.82, 2.24) is 14.9 Å². The Morgan fingerprint density at radius 3 is 3.04 bits per heavy atom. The monoisotopic (exact) mass is 389 g/mol. The maximum absolute atomic E-state index is 12.5. The second kappa shape index (κ2) is 7.43. The van der Waals surface area contributed by atoms with Gasteiger partial charge in [-0.1, -0.05) is 11.8 Å². The van der Waals surface area contributed by atoms with E-state index in [-0.39, 0.29) is 5.91 Å². The zero-order valence-corrected chi connectivity index (χ0v) is 16.5. The van der Waals surface area contributed by atoms with E-state index in [4.69, 9.17) is 0 Å². The summed E-state index contributed by atoms with van der Waals surface area (Å²) in [5.41, 5.74) is 2.61. The minimum absolute atomic E-state index is 0.132. The molecule has 3 aromatic heterocycles. The van der Waals surface area contributed by atoms with Crippen LogP contribution in [0.5, 0.6) is 0 Å². The molecule has 0 N–H and O–H groups in total. The summed E-state index contributed by atoms with van der Waals surface area (Å²) in [6, 6.07) is 2.06. The molecule has 7 heteroatoms. The summed E-state index contributed by atoms with van der Waals surface area (Å²) in [6.45, 7) is 0.663. The lowest BCUT2D eigenvalue weighted by molar-refractivity contribution is -0.127. The Bertz CT molecular complexity index is 888. The van der Waals surface area contributed by atoms with Gasteiger partial charge in [0.1, 0.15) is 16.2 Å². The van der Waals surface area contributed by atoms with Crippen LogP contribution in [0.15, 0.2) is 28.2 Å². The van der Waals surface area contributed by atoms with E-state index in [0.717, 1.165) is 22.7 Å². The molecule has 0 saturated heterocycles. The maximum Gasteiger partial charge on any atom is 0.233 e. The largest absolute Gasteiger partial charge is 0.341 e. The van der Waals surface area contributed by atoms with E-state index in [0.29, 0.717) is 12.3 Å². The van der Waals surface area contributed by atoms with Gasteiger partial charge < -0.3 is 4.90 Å². The normalized spacial score (nSPS) is 13.8. The molecule has 0 atom stereocenters. The Hall–Kier alpha value is -1.44. The molecule has 1 aliphatic carbocycles. The van der Waals surface area contributed by atoms with Gasteiger partial charge in [0.2, 0.25) is 5.91 Å². The average molecular weight is 390 g/mol. The van der Waals surface area contributed by atoms with Gasteiger partial charge in [0.25, 0.3) is 0 Å². The predicted molar refractivity (Wildman–Crippen MR) is 106 cm³/mol. The van der Waals surface area contributed by atoms with Gasteiger partial charge in [0.15, 0.2) is 0 Å². The second-order valence-corrected chi connectivity index (χ2v) is 9.07. The van der Waals surface area contributed by atoms with Crippen LogP contribution in [-0.4, -0.2) is 33.6 Å². The Kier molecular flexibility index (Phi) is 5.05. The number of fused-ring (bicyclic) bond motifs is 3. The molecule has 0 radical (unpaired) electrons. The summed E-state index contributed by atoms with van der Waals surface area (Å²) in [4.78, 5) is 25.7. The highest BCUT2D eigenvalue weighted by Crippen LogP contribution is 2.39. The summed E-state index contributed by atoms with van der Waals surface area (Å²) in [5, 5.41) is 6.28. The van der Waals surface area contributed by atoms with Crippen LogP contribution in [-0.2, 0) is 24.2 Å². The van der Waals surface area contributed by atoms with E-state index in [1.54, 1.807) is 45.7 Å². The molecule has 1 aliphatic rings. The van der Waals surface area contributed by atoms with Crippen LogP contribution in [0.3, 0.4) is 0 Å². The Balaban J connectivity index is 1.49. The molecule has 0 fully saturated rings. The van der Waals surface area contributed by atoms with Crippen molar-refractivity contribution in [2.75, 3.05) is 12.8 Å². The lowest BCUT2D eigenvalue weighted by Gasteiger charge is -2.16. The third kappa shape index (κ3) is 3.59. The number of hydrogen-bond acceptors (Lipinski definition) is 6. The first-order chi connectivity index (χ1) is 12.2. The fraction of sp³-hybridized carbons (Fsp3) is 0.389. The molecule has 0 spiro atoms. The van der Waals surface area contributed by atoms with Crippen molar-refractivity contribution in [2.45, 2.75) is 37.3 Å². The van der Waals surface area contributed by atoms with Gasteiger partial charge in [-0.15, -0.1) is 11.3 Å². The number of thiophene rings is 2. The van der Waals surface area contributed by atoms with Crippen LogP contribution < -0.4 is 0 Å². The number of thioether (sulfide) groups is 1. The third-order valence-corrected chi connectivity index (χ3v) is 7.38. The van der Waals surface area contributed by atoms with E-state index in [2.05, 4.69) is 21.4 Å². The summed E-state index contributed by atoms with van der Waals surface area (Å²) < 4.78 is 0. The second-order valence-electron chi connectivity index (χ2n) is 6.24. The van der Waals surface area contributed by atoms with Gasteiger partial charge in [-0.2, -0.15) is 11.3 Å². The van der Waals surface area contributed by atoms with Crippen LogP contribution in [0.1, 0.15) is 28.8 Å². The minimum Gasteiger partial charge on any atom is -0.341 e. The highest BCUT2D eigenvalue weighted by atomic mass is 32.2. The van der Waals surface area contributed by atoms with Crippen LogP contribution in [0, 0.1) is 0 Å². The average Bonchev–Trinajstić information content (AvgIpc) is 3.26. The van der Waals surface area contributed by atoms with Crippen molar-refractivity contribution in [2.24, 2.45) is 0 Å². The number of rotatable bonds is 5. The van der Waals surface area contributed by atoms with Gasteiger partial charge >= 0.3 is 0 Å². The molecule has 3 aromatic rings. The van der Waals surface area contributed by atoms with Crippen LogP contribution in [0.2, 0.25) is 0 Å². The van der Waals surface area contributed by atoms with Crippen molar-refractivity contribution >= 4 is 50.6 Å². The highest BCUT2D eigenvalue weighted by molar-refractivity contribution is 8.00. The van der Waals surface area contributed by atoms with E-state index in [1.165, 1.54) is 34.2 Å². The molecule has 0 bridgehead atoms. The molecule has 4 rings (SSSR count). The Labute approximate surface area is 159 Å². The number of carbonyl (C=O) groups excluding carboxylic acids is 1. The molecule has 4 nitrogen and oxygen atoms in total. The number of aromatic nitrogens is 2. The summed E-state index contributed by atoms with van der Waals surface area (Å²) >= 11 is 5.00. The lowest BCUT2D eigenvalue weighted by atomic mass is 9.97. The summed E-state index contributed by atoms with van der Waals surface area (Å²) in [7, 11) is 1.86.